The zero-order chi connectivity index (χ0) is 15.7. The Labute approximate surface area is 130 Å². The van der Waals surface area contributed by atoms with Gasteiger partial charge >= 0.3 is 0 Å². The normalized spacial score (nSPS) is 17.9. The van der Waals surface area contributed by atoms with Crippen molar-refractivity contribution in [3.05, 3.63) is 34.9 Å². The van der Waals surface area contributed by atoms with E-state index in [0.717, 1.165) is 32.6 Å². The number of hydrogen-bond acceptors (Lipinski definition) is 2. The van der Waals surface area contributed by atoms with Crippen molar-refractivity contribution in [2.45, 2.75) is 58.8 Å². The zero-order valence-electron chi connectivity index (χ0n) is 14.3. The Morgan fingerprint density at radius 2 is 1.86 bits per heavy atom. The molecule has 2 nitrogen and oxygen atoms in total. The van der Waals surface area contributed by atoms with Gasteiger partial charge in [-0.05, 0) is 40.9 Å². The van der Waals surface area contributed by atoms with Crippen LogP contribution < -0.4 is 5.73 Å². The number of ether oxygens (including phenoxy) is 1. The molecule has 2 N–H and O–H groups in total. The molecular formula is C19H31NO. The fraction of sp³-hybridized carbons (Fsp3) is 0.684. The summed E-state index contributed by atoms with van der Waals surface area (Å²) in [5, 5.41) is 0. The summed E-state index contributed by atoms with van der Waals surface area (Å²) in [5.41, 5.74) is 10.7. The second kappa shape index (κ2) is 6.10. The standard InChI is InChI=1S/C19H31NO/c1-14(2)16-8-15(9-17(10-16)18(3,4)5)6-7-19(11-20)12-21-13-19/h8-10,14H,6-7,11-13,20H2,1-5H3. The van der Waals surface area contributed by atoms with Gasteiger partial charge in [0, 0.05) is 12.0 Å². The van der Waals surface area contributed by atoms with E-state index >= 15 is 0 Å². The highest BCUT2D eigenvalue weighted by Gasteiger charge is 2.36. The monoisotopic (exact) mass is 289 g/mol. The molecule has 0 unspecified atom stereocenters. The van der Waals surface area contributed by atoms with Crippen LogP contribution in [-0.2, 0) is 16.6 Å². The molecule has 2 rings (SSSR count). The van der Waals surface area contributed by atoms with Gasteiger partial charge in [0.2, 0.25) is 0 Å². The average molecular weight is 289 g/mol. The van der Waals surface area contributed by atoms with E-state index in [1.165, 1.54) is 16.7 Å². The lowest BCUT2D eigenvalue weighted by atomic mass is 9.78. The largest absolute Gasteiger partial charge is 0.380 e. The molecule has 1 fully saturated rings. The molecule has 0 spiro atoms. The Kier molecular flexibility index (Phi) is 4.79. The fourth-order valence-electron chi connectivity index (χ4n) is 2.79. The van der Waals surface area contributed by atoms with E-state index in [4.69, 9.17) is 10.5 Å². The maximum Gasteiger partial charge on any atom is 0.0557 e. The van der Waals surface area contributed by atoms with Crippen LogP contribution in [0.3, 0.4) is 0 Å². The Bertz CT molecular complexity index is 475. The van der Waals surface area contributed by atoms with Crippen molar-refractivity contribution in [3.8, 4) is 0 Å². The lowest BCUT2D eigenvalue weighted by molar-refractivity contribution is -0.111. The lowest BCUT2D eigenvalue weighted by Gasteiger charge is -2.40. The summed E-state index contributed by atoms with van der Waals surface area (Å²) in [6.07, 6.45) is 2.23. The van der Waals surface area contributed by atoms with Gasteiger partial charge in [-0.25, -0.2) is 0 Å². The minimum Gasteiger partial charge on any atom is -0.380 e. The van der Waals surface area contributed by atoms with Gasteiger partial charge in [-0.3, -0.25) is 0 Å². The van der Waals surface area contributed by atoms with Crippen LogP contribution in [0.4, 0.5) is 0 Å². The molecule has 1 aliphatic rings. The van der Waals surface area contributed by atoms with E-state index in [1.807, 2.05) is 0 Å². The zero-order valence-corrected chi connectivity index (χ0v) is 14.3. The predicted octanol–water partition coefficient (Wildman–Crippen LogP) is 4.02. The summed E-state index contributed by atoms with van der Waals surface area (Å²) < 4.78 is 5.38. The second-order valence-corrected chi connectivity index (χ2v) is 8.06. The molecule has 2 heteroatoms. The SMILES string of the molecule is CC(C)c1cc(CCC2(CN)COC2)cc(C(C)(C)C)c1. The topological polar surface area (TPSA) is 35.2 Å². The van der Waals surface area contributed by atoms with Crippen LogP contribution in [0.5, 0.6) is 0 Å². The third kappa shape index (κ3) is 3.87. The lowest BCUT2D eigenvalue weighted by Crippen LogP contribution is -2.48. The van der Waals surface area contributed by atoms with Crippen LogP contribution in [0.25, 0.3) is 0 Å². The van der Waals surface area contributed by atoms with Crippen molar-refractivity contribution < 1.29 is 4.74 Å². The van der Waals surface area contributed by atoms with E-state index in [0.29, 0.717) is 5.92 Å². The molecule has 1 aromatic carbocycles. The van der Waals surface area contributed by atoms with Crippen molar-refractivity contribution in [2.24, 2.45) is 11.1 Å². The number of aryl methyl sites for hydroxylation is 1. The molecule has 1 saturated heterocycles. The molecule has 0 aromatic heterocycles. The van der Waals surface area contributed by atoms with Crippen molar-refractivity contribution >= 4 is 0 Å². The average Bonchev–Trinajstić information content (AvgIpc) is 2.36. The molecule has 0 radical (unpaired) electrons. The number of benzene rings is 1. The predicted molar refractivity (Wildman–Crippen MR) is 89.9 cm³/mol. The molecule has 0 amide bonds. The van der Waals surface area contributed by atoms with E-state index in [9.17, 15) is 0 Å². The number of hydrogen-bond donors (Lipinski definition) is 1. The van der Waals surface area contributed by atoms with Crippen LogP contribution in [0.1, 0.15) is 63.6 Å². The molecule has 1 heterocycles. The van der Waals surface area contributed by atoms with Gasteiger partial charge < -0.3 is 10.5 Å². The molecule has 0 aliphatic carbocycles. The molecule has 0 atom stereocenters. The minimum atomic E-state index is 0.199. The number of rotatable bonds is 5. The van der Waals surface area contributed by atoms with Crippen molar-refractivity contribution in [1.82, 2.24) is 0 Å². The molecule has 21 heavy (non-hydrogen) atoms. The van der Waals surface area contributed by atoms with E-state index in [2.05, 4.69) is 52.8 Å². The van der Waals surface area contributed by atoms with Gasteiger partial charge in [-0.2, -0.15) is 0 Å². The third-order valence-electron chi connectivity index (χ3n) is 4.74. The minimum absolute atomic E-state index is 0.199. The quantitative estimate of drug-likeness (QED) is 0.888. The van der Waals surface area contributed by atoms with Gasteiger partial charge in [-0.1, -0.05) is 52.8 Å². The van der Waals surface area contributed by atoms with E-state index in [1.54, 1.807) is 0 Å². The van der Waals surface area contributed by atoms with Gasteiger partial charge in [0.05, 0.1) is 13.2 Å². The van der Waals surface area contributed by atoms with Crippen LogP contribution in [0.2, 0.25) is 0 Å². The van der Waals surface area contributed by atoms with Crippen LogP contribution in [-0.4, -0.2) is 19.8 Å². The fourth-order valence-corrected chi connectivity index (χ4v) is 2.79. The highest BCUT2D eigenvalue weighted by atomic mass is 16.5. The maximum absolute atomic E-state index is 5.93. The van der Waals surface area contributed by atoms with Crippen molar-refractivity contribution in [1.29, 1.82) is 0 Å². The molecule has 1 aliphatic heterocycles. The molecule has 0 saturated carbocycles. The molecule has 1 aromatic rings. The molecular weight excluding hydrogens is 258 g/mol. The Morgan fingerprint density at radius 3 is 2.29 bits per heavy atom. The summed E-state index contributed by atoms with van der Waals surface area (Å²) in [5.74, 6) is 0.571. The maximum atomic E-state index is 5.93. The third-order valence-corrected chi connectivity index (χ3v) is 4.74. The van der Waals surface area contributed by atoms with Crippen molar-refractivity contribution in [3.63, 3.8) is 0 Å². The highest BCUT2D eigenvalue weighted by Crippen LogP contribution is 2.33. The van der Waals surface area contributed by atoms with Gasteiger partial charge in [-0.15, -0.1) is 0 Å². The van der Waals surface area contributed by atoms with E-state index < -0.39 is 0 Å². The summed E-state index contributed by atoms with van der Waals surface area (Å²) in [6, 6.07) is 7.14. The van der Waals surface area contributed by atoms with E-state index in [-0.39, 0.29) is 10.8 Å². The van der Waals surface area contributed by atoms with Gasteiger partial charge in [0.15, 0.2) is 0 Å². The first kappa shape index (κ1) is 16.5. The highest BCUT2D eigenvalue weighted by molar-refractivity contribution is 5.35. The Balaban J connectivity index is 2.20. The first-order valence-electron chi connectivity index (χ1n) is 8.18. The molecule has 118 valence electrons. The summed E-state index contributed by atoms with van der Waals surface area (Å²) >= 11 is 0. The summed E-state index contributed by atoms with van der Waals surface area (Å²) in [7, 11) is 0. The number of nitrogens with two attached hydrogens (primary N) is 1. The van der Waals surface area contributed by atoms with Crippen LogP contribution in [0, 0.1) is 5.41 Å². The second-order valence-electron chi connectivity index (χ2n) is 8.06. The van der Waals surface area contributed by atoms with Gasteiger partial charge in [0.25, 0.3) is 0 Å². The Hall–Kier alpha value is -0.860. The smallest absolute Gasteiger partial charge is 0.0557 e. The van der Waals surface area contributed by atoms with Crippen LogP contribution in [0.15, 0.2) is 18.2 Å². The molecule has 0 bridgehead atoms. The summed E-state index contributed by atoms with van der Waals surface area (Å²) in [4.78, 5) is 0. The van der Waals surface area contributed by atoms with Gasteiger partial charge in [0.1, 0.15) is 0 Å². The van der Waals surface area contributed by atoms with Crippen LogP contribution >= 0.6 is 0 Å². The van der Waals surface area contributed by atoms with Crippen molar-refractivity contribution in [2.75, 3.05) is 19.8 Å². The Morgan fingerprint density at radius 1 is 1.19 bits per heavy atom. The first-order chi connectivity index (χ1) is 9.76. The summed E-state index contributed by atoms with van der Waals surface area (Å²) in [6.45, 7) is 13.8. The first-order valence-corrected chi connectivity index (χ1v) is 8.18.